The molecule has 2 heterocycles. The molecular weight excluding hydrogens is 542 g/mol. The molecule has 40 heavy (non-hydrogen) atoms. The Morgan fingerprint density at radius 1 is 0.700 bits per heavy atom. The van der Waals surface area contributed by atoms with Crippen LogP contribution in [0.2, 0.25) is 0 Å². The van der Waals surface area contributed by atoms with Gasteiger partial charge in [-0.15, -0.1) is 0 Å². The van der Waals surface area contributed by atoms with E-state index in [4.69, 9.17) is 18.9 Å². The molecule has 0 aromatic rings. The van der Waals surface area contributed by atoms with Crippen molar-refractivity contribution in [3.05, 3.63) is 0 Å². The minimum atomic E-state index is -1.57. The van der Waals surface area contributed by atoms with Gasteiger partial charge in [-0.05, 0) is 13.8 Å². The van der Waals surface area contributed by atoms with Gasteiger partial charge in [0.2, 0.25) is 11.8 Å². The van der Waals surface area contributed by atoms with Crippen molar-refractivity contribution in [3.8, 4) is 0 Å². The molecule has 0 radical (unpaired) electrons. The smallest absolute Gasteiger partial charge is 0.234 e. The van der Waals surface area contributed by atoms with Crippen molar-refractivity contribution in [2.24, 2.45) is 0 Å². The molecular formula is C23H43N3O14. The first-order chi connectivity index (χ1) is 18.9. The molecule has 2 fully saturated rings. The van der Waals surface area contributed by atoms with Gasteiger partial charge in [-0.25, -0.2) is 0 Å². The second kappa shape index (κ2) is 16.8. The first-order valence-electron chi connectivity index (χ1n) is 13.0. The number of nitrogens with zero attached hydrogens (tertiary/aromatic N) is 1. The summed E-state index contributed by atoms with van der Waals surface area (Å²) in [5.41, 5.74) is 0. The van der Waals surface area contributed by atoms with Crippen LogP contribution in [0.3, 0.4) is 0 Å². The van der Waals surface area contributed by atoms with Crippen molar-refractivity contribution >= 4 is 11.8 Å². The Morgan fingerprint density at radius 3 is 1.40 bits per heavy atom. The lowest BCUT2D eigenvalue weighted by Crippen LogP contribution is -2.59. The van der Waals surface area contributed by atoms with Crippen molar-refractivity contribution in [2.75, 3.05) is 52.6 Å². The van der Waals surface area contributed by atoms with Gasteiger partial charge >= 0.3 is 0 Å². The second-order valence-corrected chi connectivity index (χ2v) is 9.83. The Labute approximate surface area is 231 Å². The summed E-state index contributed by atoms with van der Waals surface area (Å²) >= 11 is 0. The fourth-order valence-electron chi connectivity index (χ4n) is 4.04. The molecule has 0 bridgehead atoms. The summed E-state index contributed by atoms with van der Waals surface area (Å²) in [7, 11) is 0. The van der Waals surface area contributed by atoms with Crippen LogP contribution < -0.4 is 10.6 Å². The van der Waals surface area contributed by atoms with Gasteiger partial charge in [0.25, 0.3) is 0 Å². The predicted molar refractivity (Wildman–Crippen MR) is 132 cm³/mol. The summed E-state index contributed by atoms with van der Waals surface area (Å²) in [4.78, 5) is 26.3. The molecule has 2 amide bonds. The molecule has 0 spiro atoms. The molecule has 17 nitrogen and oxygen atoms in total. The number of carbonyl (C=O) groups excluding carboxylic acids is 2. The largest absolute Gasteiger partial charge is 0.394 e. The molecule has 2 saturated heterocycles. The lowest BCUT2D eigenvalue weighted by atomic mass is 9.99. The Balaban J connectivity index is 1.68. The summed E-state index contributed by atoms with van der Waals surface area (Å²) in [5, 5.41) is 82.7. The highest BCUT2D eigenvalue weighted by Gasteiger charge is 2.45. The van der Waals surface area contributed by atoms with Gasteiger partial charge in [-0.1, -0.05) is 0 Å². The van der Waals surface area contributed by atoms with Gasteiger partial charge in [0.05, 0.1) is 39.5 Å². The number of amides is 2. The maximum atomic E-state index is 12.4. The number of ether oxygens (including phenoxy) is 4. The molecule has 10 N–H and O–H groups in total. The topological polar surface area (TPSA) is 260 Å². The van der Waals surface area contributed by atoms with Crippen molar-refractivity contribution in [1.29, 1.82) is 0 Å². The molecule has 0 aromatic carbocycles. The van der Waals surface area contributed by atoms with E-state index in [1.165, 1.54) is 0 Å². The van der Waals surface area contributed by atoms with E-state index in [1.54, 1.807) is 18.7 Å². The van der Waals surface area contributed by atoms with Crippen LogP contribution in [-0.4, -0.2) is 178 Å². The van der Waals surface area contributed by atoms with Crippen LogP contribution in [0.25, 0.3) is 0 Å². The first kappa shape index (κ1) is 34.6. The zero-order valence-electron chi connectivity index (χ0n) is 22.5. The highest BCUT2D eigenvalue weighted by molar-refractivity contribution is 5.81. The molecule has 0 aliphatic carbocycles. The Hall–Kier alpha value is -1.58. The lowest BCUT2D eigenvalue weighted by Gasteiger charge is -2.39. The van der Waals surface area contributed by atoms with Gasteiger partial charge in [-0.3, -0.25) is 14.5 Å². The monoisotopic (exact) mass is 585 g/mol. The summed E-state index contributed by atoms with van der Waals surface area (Å²) in [6.07, 6.45) is -14.1. The normalized spacial score (nSPS) is 34.7. The summed E-state index contributed by atoms with van der Waals surface area (Å²) < 4.78 is 21.1. The average molecular weight is 586 g/mol. The number of carbonyl (C=O) groups is 2. The number of aliphatic hydroxyl groups is 8. The number of rotatable bonds is 15. The van der Waals surface area contributed by atoms with E-state index >= 15 is 0 Å². The predicted octanol–water partition coefficient (Wildman–Crippen LogP) is -6.44. The quantitative estimate of drug-likeness (QED) is 0.0801. The molecule has 2 aliphatic heterocycles. The highest BCUT2D eigenvalue weighted by Crippen LogP contribution is 2.22. The van der Waals surface area contributed by atoms with Crippen molar-refractivity contribution in [3.63, 3.8) is 0 Å². The minimum absolute atomic E-state index is 0.0152. The van der Waals surface area contributed by atoms with Crippen LogP contribution >= 0.6 is 0 Å². The van der Waals surface area contributed by atoms with E-state index in [0.29, 0.717) is 0 Å². The average Bonchev–Trinajstić information content (AvgIpc) is 2.92. The van der Waals surface area contributed by atoms with Crippen molar-refractivity contribution in [2.45, 2.75) is 81.3 Å². The number of hydrogen-bond donors (Lipinski definition) is 10. The van der Waals surface area contributed by atoms with Gasteiger partial charge < -0.3 is 70.4 Å². The van der Waals surface area contributed by atoms with E-state index in [0.717, 1.165) is 0 Å². The van der Waals surface area contributed by atoms with Crippen LogP contribution in [0.1, 0.15) is 13.8 Å². The third-order valence-electron chi connectivity index (χ3n) is 6.53. The minimum Gasteiger partial charge on any atom is -0.394 e. The third kappa shape index (κ3) is 9.76. The molecule has 0 saturated carbocycles. The first-order valence-corrected chi connectivity index (χ1v) is 13.0. The zero-order chi connectivity index (χ0) is 30.0. The van der Waals surface area contributed by atoms with Gasteiger partial charge in [0.15, 0.2) is 12.6 Å². The zero-order valence-corrected chi connectivity index (χ0v) is 22.5. The summed E-state index contributed by atoms with van der Waals surface area (Å²) in [5.74, 6) is -0.824. The summed E-state index contributed by atoms with van der Waals surface area (Å²) in [6.45, 7) is 1.99. The fourth-order valence-corrected chi connectivity index (χ4v) is 4.04. The van der Waals surface area contributed by atoms with Gasteiger partial charge in [0, 0.05) is 19.1 Å². The Kier molecular flexibility index (Phi) is 14.5. The molecule has 2 aliphatic rings. The van der Waals surface area contributed by atoms with Gasteiger partial charge in [0.1, 0.15) is 48.8 Å². The van der Waals surface area contributed by atoms with E-state index in [9.17, 15) is 50.4 Å². The van der Waals surface area contributed by atoms with Crippen molar-refractivity contribution in [1.82, 2.24) is 15.5 Å². The molecule has 0 aromatic heterocycles. The van der Waals surface area contributed by atoms with Crippen molar-refractivity contribution < 1.29 is 69.4 Å². The maximum Gasteiger partial charge on any atom is 0.234 e. The summed E-state index contributed by atoms with van der Waals surface area (Å²) in [6, 6.07) is -0.174. The second-order valence-electron chi connectivity index (χ2n) is 9.83. The van der Waals surface area contributed by atoms with Crippen LogP contribution in [0.15, 0.2) is 0 Å². The number of nitrogens with one attached hydrogen (secondary N) is 2. The molecule has 234 valence electrons. The van der Waals surface area contributed by atoms with Crippen LogP contribution in [-0.2, 0) is 28.5 Å². The van der Waals surface area contributed by atoms with Crippen LogP contribution in [0.4, 0.5) is 0 Å². The van der Waals surface area contributed by atoms with Crippen LogP contribution in [0, 0.1) is 0 Å². The van der Waals surface area contributed by atoms with Gasteiger partial charge in [-0.2, -0.15) is 0 Å². The highest BCUT2D eigenvalue weighted by atomic mass is 16.7. The Bertz CT molecular complexity index is 717. The Morgan fingerprint density at radius 2 is 1.07 bits per heavy atom. The van der Waals surface area contributed by atoms with E-state index in [-0.39, 0.29) is 45.4 Å². The SMILES string of the molecule is CC(C)N(CC(=O)NCCO[C@H]1O[C@H](CO)[C@@H](O)[C@H](O)[C@@H]1O)CC(=O)NCCO[C@H]1O[C@H](CO)[C@@H](O)[C@H](O)[C@@H]1O. The standard InChI is InChI=1S/C23H43N3O14/c1-11(2)26(7-14(29)24-3-5-37-22-20(35)18(33)16(31)12(9-27)39-22)8-15(30)25-4-6-38-23-21(36)19(34)17(32)13(10-28)40-23/h11-13,16-23,27-28,31-36H,3-10H2,1-2H3,(H,24,29)(H,25,30)/t12-,13-,16-,17-,18+,19+,20+,21+,22+,23+/m1/s1. The van der Waals surface area contributed by atoms with E-state index in [1.807, 2.05) is 0 Å². The molecule has 0 unspecified atom stereocenters. The third-order valence-corrected chi connectivity index (χ3v) is 6.53. The number of aliphatic hydroxyl groups excluding tert-OH is 8. The molecule has 17 heteroatoms. The maximum absolute atomic E-state index is 12.4. The molecule has 10 atom stereocenters. The fraction of sp³-hybridized carbons (Fsp3) is 0.913. The molecule has 2 rings (SSSR count). The number of hydrogen-bond acceptors (Lipinski definition) is 15. The van der Waals surface area contributed by atoms with Crippen LogP contribution in [0.5, 0.6) is 0 Å². The van der Waals surface area contributed by atoms with E-state index in [2.05, 4.69) is 10.6 Å². The lowest BCUT2D eigenvalue weighted by molar-refractivity contribution is -0.300. The van der Waals surface area contributed by atoms with E-state index < -0.39 is 86.4 Å².